The van der Waals surface area contributed by atoms with E-state index in [1.807, 2.05) is 49.6 Å². The summed E-state index contributed by atoms with van der Waals surface area (Å²) in [5.74, 6) is -0.0630. The molecule has 0 spiro atoms. The zero-order valence-electron chi connectivity index (χ0n) is 19.6. The Morgan fingerprint density at radius 3 is 2.53 bits per heavy atom. The van der Waals surface area contributed by atoms with Crippen molar-refractivity contribution >= 4 is 42.5 Å². The van der Waals surface area contributed by atoms with Crippen molar-refractivity contribution < 1.29 is 19.4 Å². The van der Waals surface area contributed by atoms with Gasteiger partial charge < -0.3 is 15.2 Å². The number of rotatable bonds is 11. The summed E-state index contributed by atoms with van der Waals surface area (Å²) in [6.45, 7) is 3.29. The van der Waals surface area contributed by atoms with Gasteiger partial charge in [0.15, 0.2) is 0 Å². The molecule has 1 aliphatic rings. The monoisotopic (exact) mass is 477 g/mol. The maximum atomic E-state index is 13.1. The third-order valence-corrected chi connectivity index (χ3v) is 6.97. The van der Waals surface area contributed by atoms with Crippen LogP contribution in [0.15, 0.2) is 42.5 Å². The van der Waals surface area contributed by atoms with Gasteiger partial charge in [-0.1, -0.05) is 49.6 Å². The average Bonchev–Trinajstić information content (AvgIpc) is 2.82. The fourth-order valence-corrected chi connectivity index (χ4v) is 4.87. The molecule has 1 saturated carbocycles. The van der Waals surface area contributed by atoms with Crippen molar-refractivity contribution in [2.75, 3.05) is 18.6 Å². The minimum atomic E-state index is -1.01. The summed E-state index contributed by atoms with van der Waals surface area (Å²) in [4.78, 5) is 24.8. The van der Waals surface area contributed by atoms with Crippen molar-refractivity contribution in [2.45, 2.75) is 58.1 Å². The second kappa shape index (κ2) is 14.6. The molecule has 1 unspecified atom stereocenters. The van der Waals surface area contributed by atoms with Crippen LogP contribution in [0, 0.1) is 12.8 Å². The predicted molar refractivity (Wildman–Crippen MR) is 142 cm³/mol. The molecule has 180 valence electrons. The molecular weight excluding hydrogens is 441 g/mol. The molecule has 0 heterocycles. The summed E-state index contributed by atoms with van der Waals surface area (Å²) in [5, 5.41) is 12.3. The van der Waals surface area contributed by atoms with E-state index >= 15 is 0 Å². The van der Waals surface area contributed by atoms with E-state index in [9.17, 15) is 14.7 Å². The van der Waals surface area contributed by atoms with Crippen LogP contribution in [0.5, 0.6) is 0 Å². The van der Waals surface area contributed by atoms with Crippen molar-refractivity contribution in [2.24, 2.45) is 5.92 Å². The van der Waals surface area contributed by atoms with Gasteiger partial charge in [-0.15, -0.1) is 0 Å². The summed E-state index contributed by atoms with van der Waals surface area (Å²) in [6, 6.07) is 12.7. The fourth-order valence-electron chi connectivity index (χ4n) is 4.40. The molecule has 1 amide bonds. The van der Waals surface area contributed by atoms with Crippen LogP contribution < -0.4 is 5.32 Å². The molecule has 0 aromatic heterocycles. The number of aliphatic carboxylic acids is 1. The Kier molecular flexibility index (Phi) is 12.3. The van der Waals surface area contributed by atoms with Gasteiger partial charge >= 0.3 is 24.8 Å². The number of ether oxygens (including phenoxy) is 1. The second-order valence-corrected chi connectivity index (χ2v) is 9.85. The number of carboxylic acids is 1. The fraction of sp³-hybridized carbons (Fsp3) is 0.481. The van der Waals surface area contributed by atoms with E-state index in [1.165, 1.54) is 32.1 Å². The Balaban J connectivity index is 0.00000408. The number of amides is 1. The molecule has 2 aromatic carbocycles. The zero-order valence-corrected chi connectivity index (χ0v) is 20.5. The first-order valence-corrected chi connectivity index (χ1v) is 13.2. The Hall–Kier alpha value is -1.71. The van der Waals surface area contributed by atoms with Crippen LogP contribution in [-0.2, 0) is 16.1 Å². The summed E-state index contributed by atoms with van der Waals surface area (Å²) >= 11 is 1.56. The van der Waals surface area contributed by atoms with Gasteiger partial charge in [-0.2, -0.15) is 11.8 Å². The van der Waals surface area contributed by atoms with E-state index in [2.05, 4.69) is 5.32 Å². The van der Waals surface area contributed by atoms with Gasteiger partial charge in [0.2, 0.25) is 0 Å². The Labute approximate surface area is 219 Å². The second-order valence-electron chi connectivity index (χ2n) is 8.86. The van der Waals surface area contributed by atoms with Crippen LogP contribution in [0.25, 0.3) is 11.1 Å². The standard InChI is InChI=1S/C27H35NO4S.Li.H/c1-19-8-6-7-11-22(19)24-16-21(18-32-17-20-9-4-3-5-10-20)12-13-23(24)26(29)28-25(27(30)31)14-15-33-2;;/h6-8,11-13,16,20,25H,3-5,9-10,14-15,17-18H2,1-2H3,(H,28,29)(H,30,31);;. The summed E-state index contributed by atoms with van der Waals surface area (Å²) in [7, 11) is 0. The number of carbonyl (C=O) groups excluding carboxylic acids is 1. The summed E-state index contributed by atoms with van der Waals surface area (Å²) < 4.78 is 6.04. The van der Waals surface area contributed by atoms with Gasteiger partial charge in [-0.3, -0.25) is 4.79 Å². The molecule has 0 bridgehead atoms. The number of aryl methyl sites for hydroxylation is 1. The van der Waals surface area contributed by atoms with Crippen molar-refractivity contribution in [1.29, 1.82) is 0 Å². The van der Waals surface area contributed by atoms with E-state index in [-0.39, 0.29) is 24.8 Å². The van der Waals surface area contributed by atoms with E-state index in [4.69, 9.17) is 4.74 Å². The Morgan fingerprint density at radius 1 is 1.12 bits per heavy atom. The summed E-state index contributed by atoms with van der Waals surface area (Å²) in [5.41, 5.74) is 4.32. The molecule has 1 atom stereocenters. The first-order valence-electron chi connectivity index (χ1n) is 11.8. The number of carboxylic acid groups (broad SMARTS) is 1. The molecule has 2 aromatic rings. The number of nitrogens with one attached hydrogen (secondary N) is 1. The molecule has 0 radical (unpaired) electrons. The first kappa shape index (κ1) is 28.5. The van der Waals surface area contributed by atoms with Crippen LogP contribution in [0.2, 0.25) is 0 Å². The summed E-state index contributed by atoms with van der Waals surface area (Å²) in [6.07, 6.45) is 8.72. The van der Waals surface area contributed by atoms with Crippen molar-refractivity contribution in [3.8, 4) is 11.1 Å². The quantitative estimate of drug-likeness (QED) is 0.443. The zero-order chi connectivity index (χ0) is 23.6. The number of hydrogen-bond donors (Lipinski definition) is 2. The molecule has 0 saturated heterocycles. The molecule has 1 fully saturated rings. The van der Waals surface area contributed by atoms with E-state index in [0.29, 0.717) is 30.3 Å². The van der Waals surface area contributed by atoms with Gasteiger partial charge in [0.1, 0.15) is 6.04 Å². The molecule has 3 rings (SSSR count). The maximum absolute atomic E-state index is 13.1. The molecule has 1 aliphatic carbocycles. The Morgan fingerprint density at radius 2 is 1.85 bits per heavy atom. The van der Waals surface area contributed by atoms with Crippen LogP contribution >= 0.6 is 11.8 Å². The molecule has 34 heavy (non-hydrogen) atoms. The van der Waals surface area contributed by atoms with Crippen molar-refractivity contribution in [3.63, 3.8) is 0 Å². The average molecular weight is 478 g/mol. The molecule has 2 N–H and O–H groups in total. The van der Waals surface area contributed by atoms with Crippen molar-refractivity contribution in [3.05, 3.63) is 59.2 Å². The molecular formula is C27H36LiNO4S. The normalized spacial score (nSPS) is 14.8. The number of carbonyl (C=O) groups is 2. The molecule has 7 heteroatoms. The van der Waals surface area contributed by atoms with Gasteiger partial charge in [0.25, 0.3) is 5.91 Å². The van der Waals surface area contributed by atoms with Crippen LogP contribution in [0.3, 0.4) is 0 Å². The van der Waals surface area contributed by atoms with Crippen molar-refractivity contribution in [1.82, 2.24) is 5.32 Å². The number of thioether (sulfide) groups is 1. The topological polar surface area (TPSA) is 75.6 Å². The van der Waals surface area contributed by atoms with E-state index in [1.54, 1.807) is 17.8 Å². The van der Waals surface area contributed by atoms with Crippen LogP contribution in [0.4, 0.5) is 0 Å². The number of hydrogen-bond acceptors (Lipinski definition) is 4. The van der Waals surface area contributed by atoms with Gasteiger partial charge in [-0.05, 0) is 78.5 Å². The SMILES string of the molecule is CSCCC(NC(=O)c1ccc(COCC2CCCCC2)cc1-c1ccccc1C)C(=O)O.[LiH]. The molecule has 0 aliphatic heterocycles. The first-order chi connectivity index (χ1) is 16.0. The third kappa shape index (κ3) is 8.20. The Bertz CT molecular complexity index is 946. The van der Waals surface area contributed by atoms with Crippen LogP contribution in [-0.4, -0.2) is 60.5 Å². The third-order valence-electron chi connectivity index (χ3n) is 6.32. The minimum absolute atomic E-state index is 0. The van der Waals surface area contributed by atoms with Gasteiger partial charge in [-0.25, -0.2) is 4.79 Å². The van der Waals surface area contributed by atoms with Gasteiger partial charge in [0, 0.05) is 12.2 Å². The van der Waals surface area contributed by atoms with E-state index in [0.717, 1.165) is 28.9 Å². The van der Waals surface area contributed by atoms with Gasteiger partial charge in [0.05, 0.1) is 6.61 Å². The molecule has 5 nitrogen and oxygen atoms in total. The van der Waals surface area contributed by atoms with Crippen LogP contribution in [0.1, 0.15) is 60.0 Å². The predicted octanol–water partition coefficient (Wildman–Crippen LogP) is 5.05. The number of benzene rings is 2. The van der Waals surface area contributed by atoms with E-state index < -0.39 is 12.0 Å².